The van der Waals surface area contributed by atoms with E-state index in [0.29, 0.717) is 22.2 Å². The smallest absolute Gasteiger partial charge is 0.259 e. The van der Waals surface area contributed by atoms with Crippen LogP contribution in [0, 0.1) is 5.82 Å². The van der Waals surface area contributed by atoms with Gasteiger partial charge in [0.1, 0.15) is 22.3 Å². The van der Waals surface area contributed by atoms with Gasteiger partial charge >= 0.3 is 0 Å². The lowest BCUT2D eigenvalue weighted by atomic mass is 10.2. The number of anilines is 2. The number of carbonyl (C=O) groups is 2. The first-order chi connectivity index (χ1) is 15.0. The Hall–Kier alpha value is -3.66. The number of hydrogen-bond acceptors (Lipinski definition) is 7. The van der Waals surface area contributed by atoms with Gasteiger partial charge in [0, 0.05) is 6.07 Å². The molecule has 160 valence electrons. The molecule has 0 saturated heterocycles. The van der Waals surface area contributed by atoms with Crippen LogP contribution in [-0.4, -0.2) is 42.0 Å². The summed E-state index contributed by atoms with van der Waals surface area (Å²) in [5, 5.41) is 13.6. The monoisotopic (exact) mass is 442 g/mol. The number of benzene rings is 2. The van der Waals surface area contributed by atoms with Gasteiger partial charge in [0.05, 0.1) is 31.2 Å². The Bertz CT molecular complexity index is 1080. The zero-order valence-corrected chi connectivity index (χ0v) is 17.5. The zero-order valence-electron chi connectivity index (χ0n) is 16.7. The second kappa shape index (κ2) is 10.4. The summed E-state index contributed by atoms with van der Waals surface area (Å²) >= 11 is 1.17. The Balaban J connectivity index is 1.55. The van der Waals surface area contributed by atoms with Crippen molar-refractivity contribution in [1.29, 1.82) is 0 Å². The number of methoxy groups -OCH3 is 2. The summed E-state index contributed by atoms with van der Waals surface area (Å²) in [7, 11) is 3.04. The fraction of sp³-hybridized carbons (Fsp3) is 0.143. The minimum Gasteiger partial charge on any atom is -0.497 e. The van der Waals surface area contributed by atoms with Gasteiger partial charge in [-0.25, -0.2) is 4.39 Å². The molecule has 0 spiro atoms. The zero-order chi connectivity index (χ0) is 22.2. The van der Waals surface area contributed by atoms with Gasteiger partial charge in [-0.1, -0.05) is 23.9 Å². The Morgan fingerprint density at radius 3 is 2.48 bits per heavy atom. The van der Waals surface area contributed by atoms with Crippen LogP contribution >= 0.6 is 11.8 Å². The third kappa shape index (κ3) is 5.92. The van der Waals surface area contributed by atoms with E-state index in [0.717, 1.165) is 0 Å². The quantitative estimate of drug-likeness (QED) is 0.514. The van der Waals surface area contributed by atoms with Crippen LogP contribution in [0.25, 0.3) is 0 Å². The molecule has 0 atom stereocenters. The van der Waals surface area contributed by atoms with Crippen LogP contribution in [0.5, 0.6) is 11.5 Å². The molecule has 0 radical (unpaired) electrons. The average molecular weight is 442 g/mol. The van der Waals surface area contributed by atoms with E-state index in [1.807, 2.05) is 0 Å². The summed E-state index contributed by atoms with van der Waals surface area (Å²) < 4.78 is 24.1. The Kier molecular flexibility index (Phi) is 7.39. The molecule has 31 heavy (non-hydrogen) atoms. The fourth-order valence-corrected chi connectivity index (χ4v) is 3.14. The maximum absolute atomic E-state index is 13.7. The first-order valence-corrected chi connectivity index (χ1v) is 10.0. The predicted octanol–water partition coefficient (Wildman–Crippen LogP) is 3.62. The number of aromatic nitrogens is 2. The Morgan fingerprint density at radius 2 is 1.81 bits per heavy atom. The van der Waals surface area contributed by atoms with Gasteiger partial charge in [-0.15, -0.1) is 10.2 Å². The van der Waals surface area contributed by atoms with Crippen molar-refractivity contribution in [3.63, 3.8) is 0 Å². The summed E-state index contributed by atoms with van der Waals surface area (Å²) in [6.45, 7) is 0. The molecular weight excluding hydrogens is 423 g/mol. The number of ether oxygens (including phenoxy) is 2. The number of carbonyl (C=O) groups excluding carboxylic acids is 2. The summed E-state index contributed by atoms with van der Waals surface area (Å²) in [4.78, 5) is 24.4. The van der Waals surface area contributed by atoms with E-state index in [4.69, 9.17) is 9.47 Å². The molecule has 3 aromatic rings. The van der Waals surface area contributed by atoms with Crippen LogP contribution in [-0.2, 0) is 4.79 Å². The highest BCUT2D eigenvalue weighted by atomic mass is 32.2. The van der Waals surface area contributed by atoms with Gasteiger partial charge in [0.15, 0.2) is 5.82 Å². The molecule has 0 fully saturated rings. The van der Waals surface area contributed by atoms with Crippen molar-refractivity contribution in [3.05, 3.63) is 66.0 Å². The molecule has 0 aliphatic rings. The highest BCUT2D eigenvalue weighted by Crippen LogP contribution is 2.29. The molecule has 0 bridgehead atoms. The van der Waals surface area contributed by atoms with Crippen LogP contribution < -0.4 is 20.1 Å². The van der Waals surface area contributed by atoms with Crippen molar-refractivity contribution in [2.24, 2.45) is 0 Å². The molecular formula is C21H19FN4O4S. The Morgan fingerprint density at radius 1 is 1.00 bits per heavy atom. The molecule has 0 saturated carbocycles. The van der Waals surface area contributed by atoms with Crippen molar-refractivity contribution in [3.8, 4) is 11.5 Å². The maximum atomic E-state index is 13.7. The predicted molar refractivity (Wildman–Crippen MR) is 115 cm³/mol. The molecule has 8 nitrogen and oxygen atoms in total. The highest BCUT2D eigenvalue weighted by Gasteiger charge is 2.13. The summed E-state index contributed by atoms with van der Waals surface area (Å²) in [6, 6.07) is 13.9. The second-order valence-corrected chi connectivity index (χ2v) is 7.09. The van der Waals surface area contributed by atoms with Crippen molar-refractivity contribution in [1.82, 2.24) is 10.2 Å². The van der Waals surface area contributed by atoms with Gasteiger partial charge in [0.2, 0.25) is 5.91 Å². The molecule has 2 N–H and O–H groups in total. The molecule has 2 aromatic carbocycles. The van der Waals surface area contributed by atoms with Crippen LogP contribution in [0.4, 0.5) is 15.9 Å². The van der Waals surface area contributed by atoms with Crippen LogP contribution in [0.3, 0.4) is 0 Å². The van der Waals surface area contributed by atoms with Crippen molar-refractivity contribution in [2.45, 2.75) is 5.03 Å². The Labute approximate surface area is 182 Å². The minimum atomic E-state index is -0.626. The van der Waals surface area contributed by atoms with Crippen molar-refractivity contribution >= 4 is 35.1 Å². The van der Waals surface area contributed by atoms with E-state index in [1.54, 1.807) is 30.3 Å². The number of amides is 2. The molecule has 0 aliphatic heterocycles. The second-order valence-electron chi connectivity index (χ2n) is 6.09. The largest absolute Gasteiger partial charge is 0.497 e. The van der Waals surface area contributed by atoms with Gasteiger partial charge < -0.3 is 20.1 Å². The van der Waals surface area contributed by atoms with E-state index in [9.17, 15) is 14.0 Å². The maximum Gasteiger partial charge on any atom is 0.259 e. The normalized spacial score (nSPS) is 10.3. The molecule has 1 aromatic heterocycles. The van der Waals surface area contributed by atoms with Crippen LogP contribution in [0.2, 0.25) is 0 Å². The first kappa shape index (κ1) is 22.0. The van der Waals surface area contributed by atoms with Gasteiger partial charge in [0.25, 0.3) is 5.91 Å². The average Bonchev–Trinajstić information content (AvgIpc) is 2.78. The summed E-state index contributed by atoms with van der Waals surface area (Å²) in [5.41, 5.74) is 0.400. The van der Waals surface area contributed by atoms with Crippen molar-refractivity contribution < 1.29 is 23.5 Å². The van der Waals surface area contributed by atoms with E-state index in [2.05, 4.69) is 20.8 Å². The number of nitrogens with one attached hydrogen (secondary N) is 2. The van der Waals surface area contributed by atoms with E-state index >= 15 is 0 Å². The third-order valence-corrected chi connectivity index (χ3v) is 4.95. The molecule has 3 rings (SSSR count). The molecule has 1 heterocycles. The summed E-state index contributed by atoms with van der Waals surface area (Å²) in [5.74, 6) is -0.177. The number of rotatable bonds is 8. The molecule has 0 unspecified atom stereocenters. The highest BCUT2D eigenvalue weighted by molar-refractivity contribution is 7.99. The standard InChI is InChI=1S/C21H19FN4O4S/c1-29-13-7-8-17(30-2)16(11-13)23-19(27)12-31-20-10-9-18(25-26-20)24-21(28)14-5-3-4-6-15(14)22/h3-11H,12H2,1-2H3,(H,23,27)(H,24,25,28). The number of nitrogens with zero attached hydrogens (tertiary/aromatic N) is 2. The van der Waals surface area contributed by atoms with Crippen molar-refractivity contribution in [2.75, 3.05) is 30.6 Å². The lowest BCUT2D eigenvalue weighted by Crippen LogP contribution is -2.16. The van der Waals surface area contributed by atoms with E-state index in [-0.39, 0.29) is 23.0 Å². The lowest BCUT2D eigenvalue weighted by Gasteiger charge is -2.11. The van der Waals surface area contributed by atoms with E-state index in [1.165, 1.54) is 50.2 Å². The van der Waals surface area contributed by atoms with Gasteiger partial charge in [-0.05, 0) is 36.4 Å². The van der Waals surface area contributed by atoms with Crippen LogP contribution in [0.1, 0.15) is 10.4 Å². The molecule has 10 heteroatoms. The number of hydrogen-bond donors (Lipinski definition) is 2. The first-order valence-electron chi connectivity index (χ1n) is 9.04. The lowest BCUT2D eigenvalue weighted by molar-refractivity contribution is -0.113. The third-order valence-electron chi connectivity index (χ3n) is 4.03. The fourth-order valence-electron chi connectivity index (χ4n) is 2.53. The van der Waals surface area contributed by atoms with Gasteiger partial charge in [-0.3, -0.25) is 9.59 Å². The number of thioether (sulfide) groups is 1. The molecule has 0 aliphatic carbocycles. The summed E-state index contributed by atoms with van der Waals surface area (Å²) in [6.07, 6.45) is 0. The minimum absolute atomic E-state index is 0.0793. The van der Waals surface area contributed by atoms with E-state index < -0.39 is 11.7 Å². The molecule has 2 amide bonds. The number of halogens is 1. The van der Waals surface area contributed by atoms with Crippen LogP contribution in [0.15, 0.2) is 59.6 Å². The SMILES string of the molecule is COc1ccc(OC)c(NC(=O)CSc2ccc(NC(=O)c3ccccc3F)nn2)c1. The topological polar surface area (TPSA) is 102 Å². The van der Waals surface area contributed by atoms with Gasteiger partial charge in [-0.2, -0.15) is 0 Å².